The maximum Gasteiger partial charge on any atom is 0.270 e. The quantitative estimate of drug-likeness (QED) is 0.726. The molecule has 1 N–H and O–H groups in total. The molecule has 0 saturated carbocycles. The van der Waals surface area contributed by atoms with Crippen LogP contribution in [0, 0.1) is 17.3 Å². The normalized spacial score (nSPS) is 11.5. The van der Waals surface area contributed by atoms with Crippen LogP contribution in [-0.2, 0) is 13.5 Å². The Morgan fingerprint density at radius 1 is 1.33 bits per heavy atom. The molecule has 0 radical (unpaired) electrons. The summed E-state index contributed by atoms with van der Waals surface area (Å²) in [5.74, 6) is -0.382. The third kappa shape index (κ3) is 2.98. The summed E-state index contributed by atoms with van der Waals surface area (Å²) in [4.78, 5) is 7.55. The Hall–Kier alpha value is -3.54. The van der Waals surface area contributed by atoms with Crippen LogP contribution in [0.3, 0.4) is 0 Å². The van der Waals surface area contributed by atoms with E-state index in [2.05, 4.69) is 20.2 Å². The lowest BCUT2D eigenvalue weighted by atomic mass is 10.1. The van der Waals surface area contributed by atoms with Crippen molar-refractivity contribution in [3.05, 3.63) is 53.4 Å². The fraction of sp³-hybridized carbons (Fsp3) is 0.133. The van der Waals surface area contributed by atoms with Gasteiger partial charge in [0.2, 0.25) is 12.1 Å². The number of aryl methyl sites for hydroxylation is 1. The Morgan fingerprint density at radius 2 is 2.08 bits per heavy atom. The molecule has 24 heavy (non-hydrogen) atoms. The highest BCUT2D eigenvalue weighted by Crippen LogP contribution is 2.22. The molecular formula is C15H11FN6O2. The molecule has 0 amide bonds. The molecule has 120 valence electrons. The summed E-state index contributed by atoms with van der Waals surface area (Å²) in [5, 5.41) is 26.6. The molecular weight excluding hydrogens is 315 g/mol. The van der Waals surface area contributed by atoms with E-state index in [1.807, 2.05) is 0 Å². The first-order valence-corrected chi connectivity index (χ1v) is 6.83. The van der Waals surface area contributed by atoms with E-state index in [0.29, 0.717) is 6.42 Å². The lowest BCUT2D eigenvalue weighted by Crippen LogP contribution is -2.18. The van der Waals surface area contributed by atoms with Crippen LogP contribution in [0.1, 0.15) is 11.5 Å². The summed E-state index contributed by atoms with van der Waals surface area (Å²) in [6.07, 6.45) is 3.29. The van der Waals surface area contributed by atoms with E-state index in [-0.39, 0.29) is 34.5 Å². The number of halogens is 1. The first kappa shape index (κ1) is 15.4. The molecule has 3 aromatic rings. The largest absolute Gasteiger partial charge is 0.503 e. The second-order valence-electron chi connectivity index (χ2n) is 4.89. The van der Waals surface area contributed by atoms with Crippen LogP contribution in [0.4, 0.5) is 4.39 Å². The summed E-state index contributed by atoms with van der Waals surface area (Å²) in [7, 11) is 1.58. The maximum atomic E-state index is 12.9. The first-order valence-electron chi connectivity index (χ1n) is 6.83. The number of nitrogens with zero attached hydrogens (tertiary/aromatic N) is 6. The van der Waals surface area contributed by atoms with Gasteiger partial charge in [-0.15, -0.1) is 10.2 Å². The van der Waals surface area contributed by atoms with Crippen molar-refractivity contribution in [1.82, 2.24) is 19.7 Å². The molecule has 0 spiro atoms. The third-order valence-corrected chi connectivity index (χ3v) is 3.22. The minimum absolute atomic E-state index is 0.000369. The van der Waals surface area contributed by atoms with E-state index < -0.39 is 0 Å². The number of benzene rings is 1. The molecule has 0 aliphatic heterocycles. The number of rotatable bonds is 3. The predicted molar refractivity (Wildman–Crippen MR) is 78.5 cm³/mol. The summed E-state index contributed by atoms with van der Waals surface area (Å²) in [6, 6.07) is 5.91. The van der Waals surface area contributed by atoms with E-state index in [4.69, 9.17) is 9.68 Å². The molecule has 0 aliphatic rings. The van der Waals surface area contributed by atoms with Crippen LogP contribution >= 0.6 is 0 Å². The van der Waals surface area contributed by atoms with E-state index in [1.54, 1.807) is 25.4 Å². The summed E-state index contributed by atoms with van der Waals surface area (Å²) >= 11 is 0. The molecule has 0 unspecified atom stereocenters. The molecule has 3 rings (SSSR count). The smallest absolute Gasteiger partial charge is 0.270 e. The minimum atomic E-state index is -0.335. The SMILES string of the molecule is Cn1cnc(-c2nnc(Cc3ccc(F)cc3)o2)c(O)c1=NC#N. The topological polar surface area (TPSA) is 113 Å². The van der Waals surface area contributed by atoms with Gasteiger partial charge in [-0.05, 0) is 17.7 Å². The van der Waals surface area contributed by atoms with Crippen LogP contribution in [0.25, 0.3) is 11.6 Å². The van der Waals surface area contributed by atoms with Gasteiger partial charge in [0.1, 0.15) is 5.82 Å². The first-order chi connectivity index (χ1) is 11.6. The van der Waals surface area contributed by atoms with Crippen molar-refractivity contribution in [3.8, 4) is 23.5 Å². The molecule has 9 heteroatoms. The van der Waals surface area contributed by atoms with Crippen LogP contribution in [0.15, 0.2) is 40.0 Å². The van der Waals surface area contributed by atoms with Crippen LogP contribution in [0.5, 0.6) is 5.75 Å². The summed E-state index contributed by atoms with van der Waals surface area (Å²) in [6.45, 7) is 0. The van der Waals surface area contributed by atoms with Crippen LogP contribution in [0.2, 0.25) is 0 Å². The summed E-state index contributed by atoms with van der Waals surface area (Å²) < 4.78 is 19.8. The average Bonchev–Trinajstić information content (AvgIpc) is 3.02. The monoisotopic (exact) mass is 326 g/mol. The Labute approximate surface area is 135 Å². The van der Waals surface area contributed by atoms with Gasteiger partial charge >= 0.3 is 0 Å². The predicted octanol–water partition coefficient (Wildman–Crippen LogP) is 1.29. The van der Waals surface area contributed by atoms with Crippen LogP contribution < -0.4 is 5.49 Å². The molecule has 1 aromatic carbocycles. The zero-order chi connectivity index (χ0) is 17.1. The lowest BCUT2D eigenvalue weighted by Gasteiger charge is -2.03. The zero-order valence-corrected chi connectivity index (χ0v) is 12.5. The summed E-state index contributed by atoms with van der Waals surface area (Å²) in [5.41, 5.74) is 0.851. The highest BCUT2D eigenvalue weighted by molar-refractivity contribution is 5.54. The standard InChI is InChI=1S/C15H11FN6O2/c1-22-8-19-12(13(23)14(22)18-7-17)15-21-20-11(24-15)6-9-2-4-10(16)5-3-9/h2-5,8,23H,6H2,1H3. The van der Waals surface area contributed by atoms with Gasteiger partial charge in [-0.3, -0.25) is 0 Å². The van der Waals surface area contributed by atoms with Crippen LogP contribution in [-0.4, -0.2) is 24.9 Å². The Morgan fingerprint density at radius 3 is 2.79 bits per heavy atom. The van der Waals surface area contributed by atoms with Crippen molar-refractivity contribution in [3.63, 3.8) is 0 Å². The van der Waals surface area contributed by atoms with Crippen molar-refractivity contribution in [2.75, 3.05) is 0 Å². The van der Waals surface area contributed by atoms with E-state index in [1.165, 1.54) is 23.0 Å². The highest BCUT2D eigenvalue weighted by atomic mass is 19.1. The van der Waals surface area contributed by atoms with Gasteiger partial charge in [0.05, 0.1) is 12.7 Å². The van der Waals surface area contributed by atoms with E-state index in [9.17, 15) is 9.50 Å². The lowest BCUT2D eigenvalue weighted by molar-refractivity contribution is 0.449. The Kier molecular flexibility index (Phi) is 4.03. The molecule has 0 saturated heterocycles. The molecule has 0 aliphatic carbocycles. The van der Waals surface area contributed by atoms with Gasteiger partial charge in [0, 0.05) is 7.05 Å². The number of aromatic hydroxyl groups is 1. The average molecular weight is 326 g/mol. The Bertz CT molecular complexity index is 984. The minimum Gasteiger partial charge on any atom is -0.503 e. The van der Waals surface area contributed by atoms with E-state index >= 15 is 0 Å². The van der Waals surface area contributed by atoms with Gasteiger partial charge in [-0.25, -0.2) is 9.37 Å². The zero-order valence-electron chi connectivity index (χ0n) is 12.5. The fourth-order valence-corrected chi connectivity index (χ4v) is 2.07. The number of nitriles is 1. The maximum absolute atomic E-state index is 12.9. The molecule has 0 atom stereocenters. The van der Waals surface area contributed by atoms with Gasteiger partial charge in [-0.2, -0.15) is 10.3 Å². The molecule has 2 aromatic heterocycles. The Balaban J connectivity index is 1.94. The molecule has 2 heterocycles. The van der Waals surface area contributed by atoms with Gasteiger partial charge < -0.3 is 14.1 Å². The molecule has 8 nitrogen and oxygen atoms in total. The van der Waals surface area contributed by atoms with Crippen molar-refractivity contribution < 1.29 is 13.9 Å². The van der Waals surface area contributed by atoms with Gasteiger partial charge in [-0.1, -0.05) is 12.1 Å². The highest BCUT2D eigenvalue weighted by Gasteiger charge is 2.17. The van der Waals surface area contributed by atoms with Crippen molar-refractivity contribution in [1.29, 1.82) is 5.26 Å². The third-order valence-electron chi connectivity index (χ3n) is 3.22. The van der Waals surface area contributed by atoms with Crippen molar-refractivity contribution in [2.24, 2.45) is 12.0 Å². The second-order valence-corrected chi connectivity index (χ2v) is 4.89. The molecule has 0 fully saturated rings. The number of aromatic nitrogens is 4. The molecule has 0 bridgehead atoms. The number of hydrogen-bond acceptors (Lipinski definition) is 7. The van der Waals surface area contributed by atoms with Gasteiger partial charge in [0.15, 0.2) is 16.9 Å². The van der Waals surface area contributed by atoms with Crippen molar-refractivity contribution in [2.45, 2.75) is 6.42 Å². The second kappa shape index (κ2) is 6.29. The van der Waals surface area contributed by atoms with Crippen molar-refractivity contribution >= 4 is 0 Å². The van der Waals surface area contributed by atoms with Gasteiger partial charge in [0.25, 0.3) is 5.89 Å². The van der Waals surface area contributed by atoms with E-state index in [0.717, 1.165) is 5.56 Å². The fourth-order valence-electron chi connectivity index (χ4n) is 2.07. The number of hydrogen-bond donors (Lipinski definition) is 1.